The van der Waals surface area contributed by atoms with E-state index in [4.69, 9.17) is 4.74 Å². The maximum Gasteiger partial charge on any atom is 0.243 e. The van der Waals surface area contributed by atoms with Gasteiger partial charge in [0.2, 0.25) is 10.0 Å². The molecule has 0 radical (unpaired) electrons. The van der Waals surface area contributed by atoms with Crippen LogP contribution >= 0.6 is 0 Å². The summed E-state index contributed by atoms with van der Waals surface area (Å²) >= 11 is 0. The highest BCUT2D eigenvalue weighted by molar-refractivity contribution is 7.89. The Labute approximate surface area is 114 Å². The quantitative estimate of drug-likeness (QED) is 0.876. The molecular formula is C13H20N2O3S. The van der Waals surface area contributed by atoms with Crippen molar-refractivity contribution in [1.82, 2.24) is 9.62 Å². The second-order valence-electron chi connectivity index (χ2n) is 4.65. The lowest BCUT2D eigenvalue weighted by Crippen LogP contribution is -2.58. The van der Waals surface area contributed by atoms with Crippen LogP contribution in [-0.2, 0) is 10.0 Å². The van der Waals surface area contributed by atoms with Gasteiger partial charge in [-0.1, -0.05) is 6.92 Å². The first-order chi connectivity index (χ1) is 9.00. The minimum atomic E-state index is -3.42. The molecule has 1 aromatic carbocycles. The van der Waals surface area contributed by atoms with Crippen molar-refractivity contribution in [3.05, 3.63) is 23.8 Å². The van der Waals surface area contributed by atoms with Crippen LogP contribution in [-0.4, -0.2) is 45.5 Å². The van der Waals surface area contributed by atoms with Crippen LogP contribution < -0.4 is 10.1 Å². The number of hydrogen-bond acceptors (Lipinski definition) is 4. The number of methoxy groups -OCH3 is 1. The summed E-state index contributed by atoms with van der Waals surface area (Å²) in [7, 11) is -1.84. The number of nitrogens with zero attached hydrogens (tertiary/aromatic N) is 1. The van der Waals surface area contributed by atoms with E-state index < -0.39 is 10.0 Å². The fourth-order valence-corrected chi connectivity index (χ4v) is 3.97. The summed E-state index contributed by atoms with van der Waals surface area (Å²) in [6, 6.07) is 5.05. The molecule has 5 nitrogen and oxygen atoms in total. The number of sulfonamides is 1. The van der Waals surface area contributed by atoms with Gasteiger partial charge in [-0.2, -0.15) is 4.31 Å². The molecule has 0 bridgehead atoms. The second kappa shape index (κ2) is 5.48. The van der Waals surface area contributed by atoms with Crippen molar-refractivity contribution in [2.24, 2.45) is 0 Å². The number of hydrogen-bond donors (Lipinski definition) is 1. The van der Waals surface area contributed by atoms with Gasteiger partial charge in [0.15, 0.2) is 0 Å². The summed E-state index contributed by atoms with van der Waals surface area (Å²) in [5.41, 5.74) is 0.825. The maximum absolute atomic E-state index is 12.6. The van der Waals surface area contributed by atoms with E-state index >= 15 is 0 Å². The molecule has 0 spiro atoms. The first-order valence-corrected chi connectivity index (χ1v) is 7.82. The maximum atomic E-state index is 12.6. The standard InChI is InChI=1S/C13H20N2O3S/c1-4-15(11-8-14-9-11)19(16,17)12-5-6-13(18-3)10(2)7-12/h5-7,11,14H,4,8-9H2,1-3H3. The van der Waals surface area contributed by atoms with Crippen LogP contribution in [0, 0.1) is 6.92 Å². The zero-order chi connectivity index (χ0) is 14.0. The van der Waals surface area contributed by atoms with Gasteiger partial charge in [0.1, 0.15) is 5.75 Å². The van der Waals surface area contributed by atoms with Gasteiger partial charge in [-0.15, -0.1) is 0 Å². The fraction of sp³-hybridized carbons (Fsp3) is 0.538. The van der Waals surface area contributed by atoms with Crippen LogP contribution in [0.4, 0.5) is 0 Å². The van der Waals surface area contributed by atoms with Crippen LogP contribution in [0.1, 0.15) is 12.5 Å². The molecule has 1 fully saturated rings. The number of ether oxygens (including phenoxy) is 1. The summed E-state index contributed by atoms with van der Waals surface area (Å²) in [5, 5.41) is 3.10. The lowest BCUT2D eigenvalue weighted by atomic mass is 10.2. The van der Waals surface area contributed by atoms with Crippen LogP contribution in [0.25, 0.3) is 0 Å². The van der Waals surface area contributed by atoms with Gasteiger partial charge in [-0.25, -0.2) is 8.42 Å². The van der Waals surface area contributed by atoms with Gasteiger partial charge in [0.25, 0.3) is 0 Å². The molecule has 0 aliphatic carbocycles. The second-order valence-corrected chi connectivity index (χ2v) is 6.54. The Balaban J connectivity index is 2.35. The van der Waals surface area contributed by atoms with E-state index in [1.807, 2.05) is 13.8 Å². The summed E-state index contributed by atoms with van der Waals surface area (Å²) in [4.78, 5) is 0.333. The number of likely N-dealkylation sites (N-methyl/N-ethyl adjacent to an activating group) is 1. The van der Waals surface area contributed by atoms with Gasteiger partial charge < -0.3 is 10.1 Å². The molecule has 0 unspecified atom stereocenters. The van der Waals surface area contributed by atoms with Crippen LogP contribution in [0.5, 0.6) is 5.75 Å². The third kappa shape index (κ3) is 2.61. The number of nitrogens with one attached hydrogen (secondary N) is 1. The highest BCUT2D eigenvalue weighted by Gasteiger charge is 2.33. The van der Waals surface area contributed by atoms with E-state index in [1.54, 1.807) is 29.6 Å². The summed E-state index contributed by atoms with van der Waals surface area (Å²) in [6.07, 6.45) is 0. The van der Waals surface area contributed by atoms with Crippen LogP contribution in [0.2, 0.25) is 0 Å². The van der Waals surface area contributed by atoms with Crippen molar-refractivity contribution in [2.75, 3.05) is 26.7 Å². The Bertz CT molecular complexity index is 553. The summed E-state index contributed by atoms with van der Waals surface area (Å²) < 4.78 is 31.9. The van der Waals surface area contributed by atoms with E-state index in [9.17, 15) is 8.42 Å². The molecule has 0 atom stereocenters. The van der Waals surface area contributed by atoms with E-state index in [0.29, 0.717) is 17.2 Å². The van der Waals surface area contributed by atoms with Crippen LogP contribution in [0.3, 0.4) is 0 Å². The zero-order valence-electron chi connectivity index (χ0n) is 11.5. The van der Waals surface area contributed by atoms with Crippen molar-refractivity contribution in [2.45, 2.75) is 24.8 Å². The molecule has 1 heterocycles. The van der Waals surface area contributed by atoms with E-state index in [0.717, 1.165) is 18.7 Å². The molecule has 1 saturated heterocycles. The van der Waals surface area contributed by atoms with Gasteiger partial charge in [0.05, 0.1) is 12.0 Å². The van der Waals surface area contributed by atoms with Gasteiger partial charge in [-0.3, -0.25) is 0 Å². The molecule has 106 valence electrons. The van der Waals surface area contributed by atoms with Crippen molar-refractivity contribution in [3.63, 3.8) is 0 Å². The Morgan fingerprint density at radius 2 is 2.11 bits per heavy atom. The SMILES string of the molecule is CCN(C1CNC1)S(=O)(=O)c1ccc(OC)c(C)c1. The zero-order valence-corrected chi connectivity index (χ0v) is 12.3. The average Bonchev–Trinajstić information content (AvgIpc) is 2.33. The Morgan fingerprint density at radius 3 is 2.53 bits per heavy atom. The van der Waals surface area contributed by atoms with Crippen molar-refractivity contribution in [1.29, 1.82) is 0 Å². The number of aryl methyl sites for hydroxylation is 1. The molecule has 6 heteroatoms. The number of rotatable bonds is 5. The highest BCUT2D eigenvalue weighted by atomic mass is 32.2. The fourth-order valence-electron chi connectivity index (χ4n) is 2.25. The Hall–Kier alpha value is -1.11. The lowest BCUT2D eigenvalue weighted by molar-refractivity contribution is 0.249. The molecule has 19 heavy (non-hydrogen) atoms. The van der Waals surface area contributed by atoms with Gasteiger partial charge in [-0.05, 0) is 30.7 Å². The van der Waals surface area contributed by atoms with Crippen molar-refractivity contribution >= 4 is 10.0 Å². The summed E-state index contributed by atoms with van der Waals surface area (Å²) in [6.45, 7) is 5.65. The smallest absolute Gasteiger partial charge is 0.243 e. The molecule has 1 aliphatic rings. The average molecular weight is 284 g/mol. The summed E-state index contributed by atoms with van der Waals surface area (Å²) in [5.74, 6) is 0.701. The molecule has 0 saturated carbocycles. The van der Waals surface area contributed by atoms with Crippen LogP contribution in [0.15, 0.2) is 23.1 Å². The van der Waals surface area contributed by atoms with E-state index in [2.05, 4.69) is 5.32 Å². The normalized spacial score (nSPS) is 16.4. The number of benzene rings is 1. The van der Waals surface area contributed by atoms with Gasteiger partial charge >= 0.3 is 0 Å². The van der Waals surface area contributed by atoms with E-state index in [1.165, 1.54) is 0 Å². The first kappa shape index (κ1) is 14.3. The van der Waals surface area contributed by atoms with E-state index in [-0.39, 0.29) is 6.04 Å². The Kier molecular flexibility index (Phi) is 4.13. The molecule has 1 aromatic rings. The molecular weight excluding hydrogens is 264 g/mol. The first-order valence-electron chi connectivity index (χ1n) is 6.38. The molecule has 1 aliphatic heterocycles. The van der Waals surface area contributed by atoms with Crippen molar-refractivity contribution < 1.29 is 13.2 Å². The predicted molar refractivity (Wildman–Crippen MR) is 74.0 cm³/mol. The third-order valence-corrected chi connectivity index (χ3v) is 5.48. The third-order valence-electron chi connectivity index (χ3n) is 3.45. The van der Waals surface area contributed by atoms with Gasteiger partial charge in [0, 0.05) is 25.7 Å². The Morgan fingerprint density at radius 1 is 1.42 bits per heavy atom. The minimum absolute atomic E-state index is 0.0670. The highest BCUT2D eigenvalue weighted by Crippen LogP contribution is 2.25. The topological polar surface area (TPSA) is 58.6 Å². The molecule has 0 aromatic heterocycles. The lowest BCUT2D eigenvalue weighted by Gasteiger charge is -2.36. The minimum Gasteiger partial charge on any atom is -0.496 e. The molecule has 2 rings (SSSR count). The monoisotopic (exact) mass is 284 g/mol. The molecule has 0 amide bonds. The predicted octanol–water partition coefficient (Wildman–Crippen LogP) is 0.986. The van der Waals surface area contributed by atoms with Crippen molar-refractivity contribution in [3.8, 4) is 5.75 Å². The largest absolute Gasteiger partial charge is 0.496 e. The molecule has 1 N–H and O–H groups in total.